The van der Waals surface area contributed by atoms with Crippen LogP contribution in [-0.2, 0) is 11.3 Å². The molecule has 1 saturated heterocycles. The number of hydrogen-bond acceptors (Lipinski definition) is 4. The lowest BCUT2D eigenvalue weighted by Crippen LogP contribution is -2.51. The molecular formula is C17H22N4O3. The Kier molecular flexibility index (Phi) is 4.31. The first-order valence-electron chi connectivity index (χ1n) is 8.51. The average molecular weight is 330 g/mol. The van der Waals surface area contributed by atoms with Crippen LogP contribution in [0.2, 0.25) is 0 Å². The van der Waals surface area contributed by atoms with Crippen molar-refractivity contribution in [2.45, 2.75) is 70.6 Å². The van der Waals surface area contributed by atoms with Gasteiger partial charge in [0.15, 0.2) is 0 Å². The first-order valence-corrected chi connectivity index (χ1v) is 8.51. The molecule has 0 spiro atoms. The van der Waals surface area contributed by atoms with Gasteiger partial charge in [-0.05, 0) is 46.0 Å². The smallest absolute Gasteiger partial charge is 0.331 e. The van der Waals surface area contributed by atoms with E-state index >= 15 is 0 Å². The molecule has 1 amide bonds. The molecule has 0 N–H and O–H groups in total. The van der Waals surface area contributed by atoms with Gasteiger partial charge in [0, 0.05) is 24.3 Å². The van der Waals surface area contributed by atoms with Crippen molar-refractivity contribution >= 4 is 5.91 Å². The predicted octanol–water partition coefficient (Wildman–Crippen LogP) is 1.01. The fraction of sp³-hybridized carbons (Fsp3) is 0.647. The summed E-state index contributed by atoms with van der Waals surface area (Å²) >= 11 is 0. The highest BCUT2D eigenvalue weighted by Crippen LogP contribution is 2.33. The highest BCUT2D eigenvalue weighted by atomic mass is 16.2. The van der Waals surface area contributed by atoms with E-state index in [1.54, 1.807) is 4.90 Å². The molecular weight excluding hydrogens is 308 g/mol. The maximum absolute atomic E-state index is 12.7. The van der Waals surface area contributed by atoms with E-state index in [0.29, 0.717) is 0 Å². The van der Waals surface area contributed by atoms with E-state index in [2.05, 4.69) is 0 Å². The molecule has 128 valence electrons. The second-order valence-electron chi connectivity index (χ2n) is 6.90. The average Bonchev–Trinajstić information content (AvgIpc) is 3.36. The number of rotatable bonds is 3. The van der Waals surface area contributed by atoms with Crippen LogP contribution in [-0.4, -0.2) is 32.0 Å². The second kappa shape index (κ2) is 6.27. The lowest BCUT2D eigenvalue weighted by Gasteiger charge is -2.39. The van der Waals surface area contributed by atoms with Gasteiger partial charge in [-0.25, -0.2) is 9.36 Å². The molecule has 0 bridgehead atoms. The summed E-state index contributed by atoms with van der Waals surface area (Å²) in [5.74, 6) is -0.230. The van der Waals surface area contributed by atoms with Crippen LogP contribution >= 0.6 is 0 Å². The Balaban J connectivity index is 1.96. The number of hydrogen-bond donors (Lipinski definition) is 0. The third kappa shape index (κ3) is 2.88. The summed E-state index contributed by atoms with van der Waals surface area (Å²) < 4.78 is 2.35. The lowest BCUT2D eigenvalue weighted by atomic mass is 9.97. The molecule has 2 unspecified atom stereocenters. The minimum absolute atomic E-state index is 0.0411. The maximum atomic E-state index is 12.7. The summed E-state index contributed by atoms with van der Waals surface area (Å²) in [4.78, 5) is 39.4. The standard InChI is InChI=1S/C17H22N4O3/c1-11-4-3-5-12(2)21(11)15(22)10-20-16(23)13(8-18)9-19(17(20)24)14-6-7-14/h9,11-12,14H,3-7,10H2,1-2H3. The summed E-state index contributed by atoms with van der Waals surface area (Å²) in [6.45, 7) is 3.68. The first kappa shape index (κ1) is 16.5. The van der Waals surface area contributed by atoms with Crippen molar-refractivity contribution < 1.29 is 4.79 Å². The Morgan fingerprint density at radius 2 is 1.83 bits per heavy atom. The van der Waals surface area contributed by atoms with Gasteiger partial charge in [-0.15, -0.1) is 0 Å². The predicted molar refractivity (Wildman–Crippen MR) is 87.6 cm³/mol. The van der Waals surface area contributed by atoms with Crippen LogP contribution in [0.15, 0.2) is 15.8 Å². The molecule has 2 heterocycles. The molecule has 24 heavy (non-hydrogen) atoms. The molecule has 2 fully saturated rings. The molecule has 1 aliphatic heterocycles. The summed E-state index contributed by atoms with van der Waals surface area (Å²) in [6.07, 6.45) is 5.97. The van der Waals surface area contributed by atoms with Crippen molar-refractivity contribution in [3.8, 4) is 6.07 Å². The van der Waals surface area contributed by atoms with E-state index in [-0.39, 0.29) is 36.1 Å². The maximum Gasteiger partial charge on any atom is 0.331 e. The molecule has 2 atom stereocenters. The minimum atomic E-state index is -0.676. The number of likely N-dealkylation sites (tertiary alicyclic amines) is 1. The van der Waals surface area contributed by atoms with Gasteiger partial charge in [-0.3, -0.25) is 14.2 Å². The van der Waals surface area contributed by atoms with Gasteiger partial charge in [-0.1, -0.05) is 0 Å². The highest BCUT2D eigenvalue weighted by Gasteiger charge is 2.31. The summed E-state index contributed by atoms with van der Waals surface area (Å²) in [5, 5.41) is 9.15. The Hall–Kier alpha value is -2.36. The van der Waals surface area contributed by atoms with Crippen molar-refractivity contribution in [3.63, 3.8) is 0 Å². The SMILES string of the molecule is CC1CCCC(C)N1C(=O)Cn1c(=O)c(C#N)cn(C2CC2)c1=O. The topological polar surface area (TPSA) is 88.1 Å². The van der Waals surface area contributed by atoms with Crippen LogP contribution in [0.5, 0.6) is 0 Å². The fourth-order valence-electron chi connectivity index (χ4n) is 3.58. The summed E-state index contributed by atoms with van der Waals surface area (Å²) in [7, 11) is 0. The Morgan fingerprint density at radius 3 is 2.38 bits per heavy atom. The van der Waals surface area contributed by atoms with Gasteiger partial charge in [0.25, 0.3) is 5.56 Å². The number of carbonyl (C=O) groups excluding carboxylic acids is 1. The summed E-state index contributed by atoms with van der Waals surface area (Å²) in [5.41, 5.74) is -1.26. The molecule has 1 aromatic heterocycles. The quantitative estimate of drug-likeness (QED) is 0.827. The zero-order valence-electron chi connectivity index (χ0n) is 14.1. The second-order valence-corrected chi connectivity index (χ2v) is 6.90. The van der Waals surface area contributed by atoms with Gasteiger partial charge >= 0.3 is 5.69 Å². The van der Waals surface area contributed by atoms with Gasteiger partial charge in [0.2, 0.25) is 5.91 Å². The summed E-state index contributed by atoms with van der Waals surface area (Å²) in [6, 6.07) is 2.08. The van der Waals surface area contributed by atoms with E-state index in [1.165, 1.54) is 10.8 Å². The van der Waals surface area contributed by atoms with Crippen LogP contribution < -0.4 is 11.2 Å². The first-order chi connectivity index (χ1) is 11.4. The monoisotopic (exact) mass is 330 g/mol. The number of nitrogens with zero attached hydrogens (tertiary/aromatic N) is 4. The lowest BCUT2D eigenvalue weighted by molar-refractivity contribution is -0.138. The number of piperidine rings is 1. The van der Waals surface area contributed by atoms with Gasteiger partial charge < -0.3 is 4.90 Å². The third-order valence-corrected chi connectivity index (χ3v) is 5.03. The molecule has 3 rings (SSSR count). The fourth-order valence-corrected chi connectivity index (χ4v) is 3.58. The van der Waals surface area contributed by atoms with Crippen LogP contribution in [0.3, 0.4) is 0 Å². The molecule has 2 aliphatic rings. The molecule has 1 aliphatic carbocycles. The molecule has 7 heteroatoms. The largest absolute Gasteiger partial charge is 0.336 e. The number of carbonyl (C=O) groups is 1. The van der Waals surface area contributed by atoms with Gasteiger partial charge in [-0.2, -0.15) is 5.26 Å². The number of aromatic nitrogens is 2. The van der Waals surface area contributed by atoms with E-state index in [4.69, 9.17) is 5.26 Å². The Labute approximate surface area is 140 Å². The van der Waals surface area contributed by atoms with Crippen molar-refractivity contribution in [2.75, 3.05) is 0 Å². The zero-order chi connectivity index (χ0) is 17.4. The van der Waals surface area contributed by atoms with Gasteiger partial charge in [0.05, 0.1) is 0 Å². The van der Waals surface area contributed by atoms with Crippen LogP contribution in [0.1, 0.15) is 57.6 Å². The van der Waals surface area contributed by atoms with Crippen molar-refractivity contribution in [1.82, 2.24) is 14.0 Å². The van der Waals surface area contributed by atoms with E-state index in [1.807, 2.05) is 19.9 Å². The van der Waals surface area contributed by atoms with Crippen LogP contribution in [0, 0.1) is 11.3 Å². The molecule has 1 saturated carbocycles. The highest BCUT2D eigenvalue weighted by molar-refractivity contribution is 5.76. The van der Waals surface area contributed by atoms with E-state index < -0.39 is 11.2 Å². The van der Waals surface area contributed by atoms with Crippen LogP contribution in [0.25, 0.3) is 0 Å². The zero-order valence-corrected chi connectivity index (χ0v) is 14.1. The van der Waals surface area contributed by atoms with Crippen molar-refractivity contribution in [1.29, 1.82) is 5.26 Å². The molecule has 0 radical (unpaired) electrons. The number of nitriles is 1. The molecule has 1 aromatic rings. The van der Waals surface area contributed by atoms with Gasteiger partial charge in [0.1, 0.15) is 18.2 Å². The van der Waals surface area contributed by atoms with E-state index in [9.17, 15) is 14.4 Å². The normalized spacial score (nSPS) is 23.8. The minimum Gasteiger partial charge on any atom is -0.336 e. The molecule has 0 aromatic carbocycles. The third-order valence-electron chi connectivity index (χ3n) is 5.03. The number of amides is 1. The Morgan fingerprint density at radius 1 is 1.21 bits per heavy atom. The Bertz CT molecular complexity index is 803. The van der Waals surface area contributed by atoms with Crippen molar-refractivity contribution in [3.05, 3.63) is 32.6 Å². The molecule has 7 nitrogen and oxygen atoms in total. The van der Waals surface area contributed by atoms with Crippen molar-refractivity contribution in [2.24, 2.45) is 0 Å². The van der Waals surface area contributed by atoms with Crippen LogP contribution in [0.4, 0.5) is 0 Å². The van der Waals surface area contributed by atoms with E-state index in [0.717, 1.165) is 36.7 Å².